The van der Waals surface area contributed by atoms with E-state index in [-0.39, 0.29) is 19.3 Å². The van der Waals surface area contributed by atoms with Crippen LogP contribution in [0.2, 0.25) is 0 Å². The van der Waals surface area contributed by atoms with Gasteiger partial charge in [-0.15, -0.1) is 0 Å². The molecule has 1 amide bonds. The van der Waals surface area contributed by atoms with E-state index in [1.54, 1.807) is 49.6 Å². The van der Waals surface area contributed by atoms with Gasteiger partial charge in [0.25, 0.3) is 0 Å². The summed E-state index contributed by atoms with van der Waals surface area (Å²) in [6, 6.07) is 22.0. The number of ether oxygens (including phenoxy) is 1. The summed E-state index contributed by atoms with van der Waals surface area (Å²) >= 11 is 0. The van der Waals surface area contributed by atoms with Crippen molar-refractivity contribution in [3.05, 3.63) is 84.4 Å². The van der Waals surface area contributed by atoms with Crippen LogP contribution < -0.4 is 14.8 Å². The van der Waals surface area contributed by atoms with E-state index >= 15 is 0 Å². The molecule has 3 aromatic carbocycles. The summed E-state index contributed by atoms with van der Waals surface area (Å²) in [7, 11) is -2.53. The Balaban J connectivity index is 1.52. The first-order valence-electron chi connectivity index (χ1n) is 12.1. The first-order valence-corrected chi connectivity index (χ1v) is 13.6. The van der Waals surface area contributed by atoms with Gasteiger partial charge in [-0.25, -0.2) is 13.2 Å². The van der Waals surface area contributed by atoms with Crippen LogP contribution in [-0.2, 0) is 26.0 Å². The zero-order valence-corrected chi connectivity index (χ0v) is 21.3. The first kappa shape index (κ1) is 26.2. The monoisotopic (exact) mass is 522 g/mol. The molecule has 0 unspecified atom stereocenters. The maximum atomic E-state index is 13.4. The number of hydrogen-bond acceptors (Lipinski definition) is 5. The minimum atomic E-state index is -4.13. The van der Waals surface area contributed by atoms with Gasteiger partial charge in [-0.3, -0.25) is 9.52 Å². The van der Waals surface area contributed by atoms with Crippen molar-refractivity contribution in [2.24, 2.45) is 0 Å². The Kier molecular flexibility index (Phi) is 7.83. The number of carbonyl (C=O) groups excluding carboxylic acids is 1. The molecule has 194 valence electrons. The van der Waals surface area contributed by atoms with Crippen LogP contribution in [0.1, 0.15) is 31.2 Å². The third kappa shape index (κ3) is 5.61. The van der Waals surface area contributed by atoms with Gasteiger partial charge in [0.05, 0.1) is 7.11 Å². The van der Waals surface area contributed by atoms with Gasteiger partial charge >= 0.3 is 5.97 Å². The number of carboxylic acids is 1. The Morgan fingerprint density at radius 1 is 0.946 bits per heavy atom. The molecule has 0 spiro atoms. The molecule has 37 heavy (non-hydrogen) atoms. The van der Waals surface area contributed by atoms with Crippen LogP contribution in [0.5, 0.6) is 5.75 Å². The second-order valence-corrected chi connectivity index (χ2v) is 11.1. The van der Waals surface area contributed by atoms with Gasteiger partial charge in [0.2, 0.25) is 15.9 Å². The highest BCUT2D eigenvalue weighted by atomic mass is 32.2. The molecule has 0 saturated heterocycles. The van der Waals surface area contributed by atoms with Crippen LogP contribution in [0.4, 0.5) is 5.69 Å². The predicted molar refractivity (Wildman–Crippen MR) is 142 cm³/mol. The Labute approximate surface area is 216 Å². The van der Waals surface area contributed by atoms with E-state index in [1.807, 2.05) is 36.4 Å². The molecule has 0 aliphatic heterocycles. The molecule has 0 heterocycles. The largest absolute Gasteiger partial charge is 0.496 e. The van der Waals surface area contributed by atoms with Crippen molar-refractivity contribution in [1.29, 1.82) is 0 Å². The van der Waals surface area contributed by atoms with Crippen molar-refractivity contribution in [1.82, 2.24) is 5.32 Å². The maximum absolute atomic E-state index is 13.4. The van der Waals surface area contributed by atoms with Gasteiger partial charge in [-0.05, 0) is 42.2 Å². The van der Waals surface area contributed by atoms with Crippen LogP contribution in [0.15, 0.2) is 78.9 Å². The van der Waals surface area contributed by atoms with E-state index in [9.17, 15) is 23.1 Å². The topological polar surface area (TPSA) is 122 Å². The highest BCUT2D eigenvalue weighted by molar-refractivity contribution is 7.94. The minimum Gasteiger partial charge on any atom is -0.496 e. The number of amides is 1. The van der Waals surface area contributed by atoms with Crippen LogP contribution in [-0.4, -0.2) is 43.3 Å². The van der Waals surface area contributed by atoms with Crippen molar-refractivity contribution < 1.29 is 27.9 Å². The molecule has 3 N–H and O–H groups in total. The number of carboxylic acid groups (broad SMARTS) is 1. The summed E-state index contributed by atoms with van der Waals surface area (Å²) < 4.78 is 32.9. The van der Waals surface area contributed by atoms with E-state index in [0.29, 0.717) is 24.1 Å². The Hall–Kier alpha value is -3.85. The maximum Gasteiger partial charge on any atom is 0.326 e. The fraction of sp³-hybridized carbons (Fsp3) is 0.286. The fourth-order valence-corrected chi connectivity index (χ4v) is 6.52. The highest BCUT2D eigenvalue weighted by Gasteiger charge is 2.53. The number of sulfonamides is 1. The van der Waals surface area contributed by atoms with Crippen LogP contribution >= 0.6 is 0 Å². The van der Waals surface area contributed by atoms with Crippen molar-refractivity contribution in [2.75, 3.05) is 11.8 Å². The lowest BCUT2D eigenvalue weighted by atomic mass is 9.99. The Morgan fingerprint density at radius 3 is 2.19 bits per heavy atom. The van der Waals surface area contributed by atoms with Crippen LogP contribution in [0.3, 0.4) is 0 Å². The lowest BCUT2D eigenvalue weighted by molar-refractivity contribution is -0.142. The molecule has 1 fully saturated rings. The minimum absolute atomic E-state index is 0.00944. The number of anilines is 1. The molecule has 0 aromatic heterocycles. The molecule has 9 heteroatoms. The average Bonchev–Trinajstić information content (AvgIpc) is 3.41. The molecule has 3 aromatic rings. The number of aliphatic carboxylic acids is 1. The molecule has 1 saturated carbocycles. The van der Waals surface area contributed by atoms with Crippen molar-refractivity contribution in [3.8, 4) is 16.9 Å². The molecule has 1 aliphatic carbocycles. The number of rotatable bonds is 10. The molecular formula is C28H30N2O6S. The van der Waals surface area contributed by atoms with Gasteiger partial charge in [-0.1, -0.05) is 73.5 Å². The smallest absolute Gasteiger partial charge is 0.326 e. The number of carbonyl (C=O) groups is 2. The van der Waals surface area contributed by atoms with Crippen LogP contribution in [0.25, 0.3) is 11.1 Å². The Bertz CT molecular complexity index is 1350. The molecule has 4 rings (SSSR count). The second-order valence-electron chi connectivity index (χ2n) is 9.14. The lowest BCUT2D eigenvalue weighted by Gasteiger charge is -2.29. The first-order chi connectivity index (χ1) is 17.8. The number of methoxy groups -OCH3 is 1. The lowest BCUT2D eigenvalue weighted by Crippen LogP contribution is -2.56. The standard InChI is InChI=1S/C28H30N2O6S/c1-36-25-12-6-5-11-23(25)21-15-13-20(14-16-21)19-24(26(31)32)29-27(33)28(17-7-8-18-28)37(34,35)30-22-9-3-2-4-10-22/h2-6,9-16,24,30H,7-8,17-19H2,1H3,(H,29,33)(H,31,32)/t24-/m0/s1. The second kappa shape index (κ2) is 11.0. The quantitative estimate of drug-likeness (QED) is 0.366. The van der Waals surface area contributed by atoms with Gasteiger partial charge in [0.1, 0.15) is 11.8 Å². The molecule has 0 bridgehead atoms. The molecule has 1 atom stereocenters. The average molecular weight is 523 g/mol. The summed E-state index contributed by atoms with van der Waals surface area (Å²) in [5.74, 6) is -1.30. The van der Waals surface area contributed by atoms with E-state index in [0.717, 1.165) is 16.9 Å². The summed E-state index contributed by atoms with van der Waals surface area (Å²) in [6.45, 7) is 0. The zero-order valence-electron chi connectivity index (χ0n) is 20.5. The summed E-state index contributed by atoms with van der Waals surface area (Å²) in [6.07, 6.45) is 1.38. The van der Waals surface area contributed by atoms with Gasteiger partial charge in [-0.2, -0.15) is 0 Å². The van der Waals surface area contributed by atoms with Crippen molar-refractivity contribution >= 4 is 27.6 Å². The number of hydrogen-bond donors (Lipinski definition) is 3. The Morgan fingerprint density at radius 2 is 1.57 bits per heavy atom. The molecule has 0 radical (unpaired) electrons. The van der Waals surface area contributed by atoms with E-state index in [2.05, 4.69) is 10.0 Å². The highest BCUT2D eigenvalue weighted by Crippen LogP contribution is 2.38. The number of benzene rings is 3. The van der Waals surface area contributed by atoms with E-state index in [4.69, 9.17) is 4.74 Å². The third-order valence-electron chi connectivity index (χ3n) is 6.78. The summed E-state index contributed by atoms with van der Waals surface area (Å²) in [5, 5.41) is 12.4. The van der Waals surface area contributed by atoms with Crippen molar-refractivity contribution in [3.63, 3.8) is 0 Å². The SMILES string of the molecule is COc1ccccc1-c1ccc(C[C@H](NC(=O)C2(S(=O)(=O)Nc3ccccc3)CCCC2)C(=O)O)cc1. The molecular weight excluding hydrogens is 492 g/mol. The van der Waals surface area contributed by atoms with E-state index < -0.39 is 32.7 Å². The van der Waals surface area contributed by atoms with Gasteiger partial charge in [0.15, 0.2) is 4.75 Å². The fourth-order valence-electron chi connectivity index (χ4n) is 4.75. The number of para-hydroxylation sites is 2. The zero-order chi connectivity index (χ0) is 26.5. The normalized spacial score (nSPS) is 15.5. The molecule has 1 aliphatic rings. The summed E-state index contributed by atoms with van der Waals surface area (Å²) in [5.41, 5.74) is 2.85. The van der Waals surface area contributed by atoms with Gasteiger partial charge in [0, 0.05) is 17.7 Å². The third-order valence-corrected chi connectivity index (χ3v) is 8.91. The van der Waals surface area contributed by atoms with Crippen LogP contribution in [0, 0.1) is 0 Å². The van der Waals surface area contributed by atoms with Gasteiger partial charge < -0.3 is 15.2 Å². The number of nitrogens with one attached hydrogen (secondary N) is 2. The van der Waals surface area contributed by atoms with E-state index in [1.165, 1.54) is 0 Å². The summed E-state index contributed by atoms with van der Waals surface area (Å²) in [4.78, 5) is 25.5. The predicted octanol–water partition coefficient (Wildman–Crippen LogP) is 4.23. The molecule has 8 nitrogen and oxygen atoms in total. The van der Waals surface area contributed by atoms with Crippen molar-refractivity contribution in [2.45, 2.75) is 42.9 Å².